The second-order valence-electron chi connectivity index (χ2n) is 7.55. The highest BCUT2D eigenvalue weighted by atomic mass is 32.2. The lowest BCUT2D eigenvalue weighted by Gasteiger charge is -2.19. The first kappa shape index (κ1) is 21.3. The minimum absolute atomic E-state index is 0.0933. The number of hydrazone groups is 1. The molecule has 0 spiro atoms. The van der Waals surface area contributed by atoms with Gasteiger partial charge in [0.2, 0.25) is 0 Å². The van der Waals surface area contributed by atoms with Gasteiger partial charge in [-0.1, -0.05) is 56.9 Å². The van der Waals surface area contributed by atoms with Gasteiger partial charge in [-0.15, -0.1) is 0 Å². The molecule has 0 bridgehead atoms. The molecule has 29 heavy (non-hydrogen) atoms. The summed E-state index contributed by atoms with van der Waals surface area (Å²) < 4.78 is 11.9. The van der Waals surface area contributed by atoms with Crippen LogP contribution in [0.25, 0.3) is 0 Å². The van der Waals surface area contributed by atoms with Crippen molar-refractivity contribution in [2.45, 2.75) is 26.2 Å². The number of rotatable bonds is 7. The van der Waals surface area contributed by atoms with E-state index in [1.165, 1.54) is 22.3 Å². The third-order valence-corrected chi connectivity index (χ3v) is 5.61. The van der Waals surface area contributed by atoms with Crippen LogP contribution in [0, 0.1) is 0 Å². The van der Waals surface area contributed by atoms with Gasteiger partial charge in [-0.2, -0.15) is 10.1 Å². The molecule has 1 saturated heterocycles. The van der Waals surface area contributed by atoms with Gasteiger partial charge in [0.25, 0.3) is 5.91 Å². The molecule has 0 N–H and O–H groups in total. The number of thioether (sulfide) groups is 1. The predicted octanol–water partition coefficient (Wildman–Crippen LogP) is 4.64. The third kappa shape index (κ3) is 6.05. The van der Waals surface area contributed by atoms with Crippen molar-refractivity contribution < 1.29 is 14.3 Å². The van der Waals surface area contributed by atoms with Crippen molar-refractivity contribution >= 4 is 40.4 Å². The highest BCUT2D eigenvalue weighted by Crippen LogP contribution is 2.24. The largest absolute Gasteiger partial charge is 0.490 e. The monoisotopic (exact) mass is 428 g/mol. The highest BCUT2D eigenvalue weighted by Gasteiger charge is 2.25. The molecule has 1 aliphatic rings. The summed E-state index contributed by atoms with van der Waals surface area (Å²) in [7, 11) is 0. The number of hydrogen-bond donors (Lipinski definition) is 0. The minimum atomic E-state index is -0.0933. The van der Waals surface area contributed by atoms with Crippen molar-refractivity contribution in [2.24, 2.45) is 5.10 Å². The van der Waals surface area contributed by atoms with Gasteiger partial charge in [0.05, 0.1) is 12.0 Å². The molecule has 0 saturated carbocycles. The number of thiocarbonyl (C=S) groups is 1. The molecule has 152 valence electrons. The number of hydrogen-bond acceptors (Lipinski definition) is 6. The number of benzene rings is 2. The molecule has 0 aliphatic carbocycles. The normalized spacial score (nSPS) is 14.7. The standard InChI is InChI=1S/C22H24N2O3S2/c1-22(2,3)17-6-10-19(11-7-17)27-13-12-26-18-8-4-16(5-9-18)14-23-24-20(25)15-29-21(24)28/h4-11,14H,12-13,15H2,1-3H3. The van der Waals surface area contributed by atoms with Gasteiger partial charge in [0, 0.05) is 0 Å². The summed E-state index contributed by atoms with van der Waals surface area (Å²) in [5.41, 5.74) is 2.27. The summed E-state index contributed by atoms with van der Waals surface area (Å²) in [6.45, 7) is 7.47. The van der Waals surface area contributed by atoms with Gasteiger partial charge < -0.3 is 9.47 Å². The van der Waals surface area contributed by atoms with Crippen LogP contribution in [0.5, 0.6) is 11.5 Å². The van der Waals surface area contributed by atoms with Crippen LogP contribution >= 0.6 is 24.0 Å². The lowest BCUT2D eigenvalue weighted by Crippen LogP contribution is -2.22. The van der Waals surface area contributed by atoms with Crippen LogP contribution in [0.2, 0.25) is 0 Å². The van der Waals surface area contributed by atoms with E-state index in [0.29, 0.717) is 23.3 Å². The van der Waals surface area contributed by atoms with Crippen molar-refractivity contribution in [1.29, 1.82) is 0 Å². The first-order chi connectivity index (χ1) is 13.8. The molecular weight excluding hydrogens is 404 g/mol. The van der Waals surface area contributed by atoms with E-state index in [-0.39, 0.29) is 11.3 Å². The first-order valence-corrected chi connectivity index (χ1v) is 10.7. The van der Waals surface area contributed by atoms with Gasteiger partial charge in [0.15, 0.2) is 4.32 Å². The molecule has 1 amide bonds. The number of carbonyl (C=O) groups is 1. The van der Waals surface area contributed by atoms with Crippen LogP contribution in [-0.4, -0.2) is 40.4 Å². The third-order valence-electron chi connectivity index (χ3n) is 4.27. The maximum atomic E-state index is 11.6. The second-order valence-corrected chi connectivity index (χ2v) is 9.15. The van der Waals surface area contributed by atoms with E-state index in [2.05, 4.69) is 38.0 Å². The van der Waals surface area contributed by atoms with E-state index in [1.807, 2.05) is 36.4 Å². The van der Waals surface area contributed by atoms with Crippen LogP contribution < -0.4 is 9.47 Å². The summed E-state index contributed by atoms with van der Waals surface area (Å²) in [4.78, 5) is 11.6. The van der Waals surface area contributed by atoms with Gasteiger partial charge in [0.1, 0.15) is 24.7 Å². The van der Waals surface area contributed by atoms with Gasteiger partial charge >= 0.3 is 0 Å². The number of nitrogens with zero attached hydrogens (tertiary/aromatic N) is 2. The van der Waals surface area contributed by atoms with Crippen LogP contribution in [0.15, 0.2) is 53.6 Å². The SMILES string of the molecule is CC(C)(C)c1ccc(OCCOc2ccc(C=NN3C(=O)CSC3=S)cc2)cc1. The topological polar surface area (TPSA) is 51.1 Å². The van der Waals surface area contributed by atoms with Crippen molar-refractivity contribution in [1.82, 2.24) is 5.01 Å². The molecular formula is C22H24N2O3S2. The average Bonchev–Trinajstić information content (AvgIpc) is 3.02. The Hall–Kier alpha value is -2.38. The molecule has 3 rings (SSSR count). The van der Waals surface area contributed by atoms with Crippen LogP contribution in [0.1, 0.15) is 31.9 Å². The van der Waals surface area contributed by atoms with Crippen molar-refractivity contribution in [3.8, 4) is 11.5 Å². The van der Waals surface area contributed by atoms with Crippen LogP contribution in [0.4, 0.5) is 0 Å². The smallest absolute Gasteiger partial charge is 0.259 e. The molecule has 2 aromatic rings. The predicted molar refractivity (Wildman–Crippen MR) is 122 cm³/mol. The Kier molecular flexibility index (Phi) is 6.92. The van der Waals surface area contributed by atoms with E-state index in [9.17, 15) is 4.79 Å². The van der Waals surface area contributed by atoms with Crippen LogP contribution in [-0.2, 0) is 10.2 Å². The number of ether oxygens (including phenoxy) is 2. The van der Waals surface area contributed by atoms with E-state index >= 15 is 0 Å². The zero-order valence-corrected chi connectivity index (χ0v) is 18.4. The zero-order valence-electron chi connectivity index (χ0n) is 16.8. The molecule has 7 heteroatoms. The first-order valence-electron chi connectivity index (χ1n) is 9.33. The molecule has 2 aromatic carbocycles. The Labute approximate surface area is 181 Å². The zero-order chi connectivity index (χ0) is 20.9. The second kappa shape index (κ2) is 9.41. The van der Waals surface area contributed by atoms with Crippen molar-refractivity contribution in [3.63, 3.8) is 0 Å². The van der Waals surface area contributed by atoms with E-state index in [4.69, 9.17) is 21.7 Å². The average molecular weight is 429 g/mol. The molecule has 1 aliphatic heterocycles. The lowest BCUT2D eigenvalue weighted by atomic mass is 9.87. The fourth-order valence-corrected chi connectivity index (χ4v) is 3.57. The van der Waals surface area contributed by atoms with Crippen molar-refractivity contribution in [2.75, 3.05) is 19.0 Å². The Balaban J connectivity index is 1.43. The van der Waals surface area contributed by atoms with E-state index < -0.39 is 0 Å². The number of carbonyl (C=O) groups excluding carboxylic acids is 1. The molecule has 0 radical (unpaired) electrons. The quantitative estimate of drug-likeness (QED) is 0.365. The Morgan fingerprint density at radius 3 is 2.07 bits per heavy atom. The molecule has 1 heterocycles. The Morgan fingerprint density at radius 2 is 1.59 bits per heavy atom. The fraction of sp³-hybridized carbons (Fsp3) is 0.318. The Bertz CT molecular complexity index is 872. The minimum Gasteiger partial charge on any atom is -0.490 e. The van der Waals surface area contributed by atoms with E-state index in [1.54, 1.807) is 6.21 Å². The van der Waals surface area contributed by atoms with E-state index in [0.717, 1.165) is 17.1 Å². The lowest BCUT2D eigenvalue weighted by molar-refractivity contribution is -0.123. The van der Waals surface area contributed by atoms with Crippen molar-refractivity contribution in [3.05, 3.63) is 59.7 Å². The van der Waals surface area contributed by atoms with Gasteiger partial charge in [-0.25, -0.2) is 0 Å². The highest BCUT2D eigenvalue weighted by molar-refractivity contribution is 8.23. The summed E-state index contributed by atoms with van der Waals surface area (Å²) in [5, 5.41) is 5.41. The maximum absolute atomic E-state index is 11.6. The molecule has 5 nitrogen and oxygen atoms in total. The fourth-order valence-electron chi connectivity index (χ4n) is 2.60. The molecule has 0 unspecified atom stereocenters. The summed E-state index contributed by atoms with van der Waals surface area (Å²) >= 11 is 6.42. The molecule has 0 atom stereocenters. The summed E-state index contributed by atoms with van der Waals surface area (Å²) in [6, 6.07) is 15.6. The summed E-state index contributed by atoms with van der Waals surface area (Å²) in [5.74, 6) is 1.84. The summed E-state index contributed by atoms with van der Waals surface area (Å²) in [6.07, 6.45) is 1.62. The number of amides is 1. The molecule has 1 fully saturated rings. The van der Waals surface area contributed by atoms with Crippen LogP contribution in [0.3, 0.4) is 0 Å². The maximum Gasteiger partial charge on any atom is 0.259 e. The molecule has 0 aromatic heterocycles. The van der Waals surface area contributed by atoms with Gasteiger partial charge in [-0.05, 0) is 52.9 Å². The van der Waals surface area contributed by atoms with Gasteiger partial charge in [-0.3, -0.25) is 4.79 Å². The Morgan fingerprint density at radius 1 is 1.03 bits per heavy atom.